The first-order valence-corrected chi connectivity index (χ1v) is 7.24. The summed E-state index contributed by atoms with van der Waals surface area (Å²) in [5.74, 6) is 0. The summed E-state index contributed by atoms with van der Waals surface area (Å²) in [7, 11) is 0. The SMILES string of the molecule is C1CCC2(C1)NCC1(CCC1)C1(CCC1)O2. The first kappa shape index (κ1) is 9.90. The summed E-state index contributed by atoms with van der Waals surface area (Å²) in [6.45, 7) is 1.24. The van der Waals surface area contributed by atoms with Crippen molar-refractivity contribution in [3.05, 3.63) is 0 Å². The number of fused-ring (bicyclic) bond motifs is 1. The number of ether oxygens (including phenoxy) is 1. The Bertz CT molecular complexity index is 298. The Morgan fingerprint density at radius 3 is 1.94 bits per heavy atom. The molecule has 90 valence electrons. The van der Waals surface area contributed by atoms with Crippen molar-refractivity contribution in [2.24, 2.45) is 5.41 Å². The predicted octanol–water partition coefficient (Wildman–Crippen LogP) is 2.97. The molecule has 3 saturated carbocycles. The monoisotopic (exact) mass is 221 g/mol. The van der Waals surface area contributed by atoms with E-state index >= 15 is 0 Å². The molecule has 0 amide bonds. The van der Waals surface area contributed by atoms with Gasteiger partial charge in [-0.3, -0.25) is 5.32 Å². The lowest BCUT2D eigenvalue weighted by atomic mass is 9.51. The van der Waals surface area contributed by atoms with Crippen molar-refractivity contribution in [3.63, 3.8) is 0 Å². The van der Waals surface area contributed by atoms with Gasteiger partial charge in [0.25, 0.3) is 0 Å². The van der Waals surface area contributed by atoms with Gasteiger partial charge < -0.3 is 4.74 Å². The van der Waals surface area contributed by atoms with Crippen LogP contribution in [0.5, 0.6) is 0 Å². The molecule has 4 rings (SSSR count). The smallest absolute Gasteiger partial charge is 0.120 e. The molecular weight excluding hydrogens is 198 g/mol. The van der Waals surface area contributed by atoms with Gasteiger partial charge in [-0.05, 0) is 57.8 Å². The van der Waals surface area contributed by atoms with E-state index in [9.17, 15) is 0 Å². The van der Waals surface area contributed by atoms with E-state index < -0.39 is 0 Å². The summed E-state index contributed by atoms with van der Waals surface area (Å²) in [6, 6.07) is 0. The molecule has 0 aromatic carbocycles. The Morgan fingerprint density at radius 2 is 1.44 bits per heavy atom. The highest BCUT2D eigenvalue weighted by Crippen LogP contribution is 2.62. The first-order valence-electron chi connectivity index (χ1n) is 7.24. The van der Waals surface area contributed by atoms with Gasteiger partial charge in [0.05, 0.1) is 5.60 Å². The van der Waals surface area contributed by atoms with Crippen LogP contribution in [0.15, 0.2) is 0 Å². The van der Waals surface area contributed by atoms with Crippen molar-refractivity contribution in [1.29, 1.82) is 0 Å². The quantitative estimate of drug-likeness (QED) is 0.679. The van der Waals surface area contributed by atoms with Crippen molar-refractivity contribution in [3.8, 4) is 0 Å². The van der Waals surface area contributed by atoms with E-state index in [1.165, 1.54) is 70.8 Å². The first-order chi connectivity index (χ1) is 7.79. The number of hydrogen-bond donors (Lipinski definition) is 1. The Labute approximate surface area is 98.1 Å². The maximum absolute atomic E-state index is 6.70. The average molecular weight is 221 g/mol. The maximum Gasteiger partial charge on any atom is 0.120 e. The molecule has 1 aliphatic heterocycles. The van der Waals surface area contributed by atoms with E-state index in [0.717, 1.165) is 0 Å². The molecule has 4 fully saturated rings. The van der Waals surface area contributed by atoms with Gasteiger partial charge in [0.1, 0.15) is 5.72 Å². The van der Waals surface area contributed by atoms with Crippen LogP contribution in [-0.4, -0.2) is 17.9 Å². The lowest BCUT2D eigenvalue weighted by Gasteiger charge is -2.66. The van der Waals surface area contributed by atoms with E-state index in [2.05, 4.69) is 5.32 Å². The third-order valence-corrected chi connectivity index (χ3v) is 5.99. The largest absolute Gasteiger partial charge is 0.354 e. The second-order valence-electron chi connectivity index (χ2n) is 6.64. The van der Waals surface area contributed by atoms with Crippen molar-refractivity contribution in [2.75, 3.05) is 6.54 Å². The molecule has 0 unspecified atom stereocenters. The molecule has 0 aromatic heterocycles. The van der Waals surface area contributed by atoms with Crippen LogP contribution < -0.4 is 5.32 Å². The lowest BCUT2D eigenvalue weighted by Crippen LogP contribution is -2.72. The molecule has 16 heavy (non-hydrogen) atoms. The second-order valence-corrected chi connectivity index (χ2v) is 6.64. The Balaban J connectivity index is 1.63. The van der Waals surface area contributed by atoms with Crippen molar-refractivity contribution < 1.29 is 4.74 Å². The molecule has 0 bridgehead atoms. The maximum atomic E-state index is 6.70. The molecule has 3 aliphatic carbocycles. The van der Waals surface area contributed by atoms with Gasteiger partial charge >= 0.3 is 0 Å². The van der Waals surface area contributed by atoms with E-state index in [0.29, 0.717) is 11.0 Å². The summed E-state index contributed by atoms with van der Waals surface area (Å²) in [5, 5.41) is 3.79. The fourth-order valence-electron chi connectivity index (χ4n) is 4.60. The highest BCUT2D eigenvalue weighted by atomic mass is 16.5. The van der Waals surface area contributed by atoms with Gasteiger partial charge in [-0.15, -0.1) is 0 Å². The molecule has 1 heterocycles. The molecule has 0 radical (unpaired) electrons. The highest BCUT2D eigenvalue weighted by molar-refractivity contribution is 5.14. The summed E-state index contributed by atoms with van der Waals surface area (Å²) in [4.78, 5) is 0. The van der Waals surface area contributed by atoms with E-state index in [4.69, 9.17) is 4.74 Å². The minimum absolute atomic E-state index is 0.0985. The summed E-state index contributed by atoms with van der Waals surface area (Å²) < 4.78 is 6.70. The van der Waals surface area contributed by atoms with Crippen LogP contribution in [0.3, 0.4) is 0 Å². The molecule has 0 atom stereocenters. The molecule has 2 heteroatoms. The minimum atomic E-state index is 0.0985. The Hall–Kier alpha value is -0.0800. The number of hydrogen-bond acceptors (Lipinski definition) is 2. The fraction of sp³-hybridized carbons (Fsp3) is 1.00. The molecule has 0 aromatic rings. The molecular formula is C14H23NO. The van der Waals surface area contributed by atoms with E-state index in [-0.39, 0.29) is 5.72 Å². The van der Waals surface area contributed by atoms with Crippen LogP contribution in [0.25, 0.3) is 0 Å². The Kier molecular flexibility index (Phi) is 1.87. The van der Waals surface area contributed by atoms with Crippen LogP contribution in [0, 0.1) is 5.41 Å². The average Bonchev–Trinajstić information content (AvgIpc) is 2.62. The standard InChI is InChI=1S/C14H23NO/c1-2-10-14(9-1)15-11-12(5-3-6-12)13(16-14)7-4-8-13/h15H,1-11H2. The topological polar surface area (TPSA) is 21.3 Å². The number of nitrogens with one attached hydrogen (secondary N) is 1. The van der Waals surface area contributed by atoms with Gasteiger partial charge in [-0.2, -0.15) is 0 Å². The molecule has 4 aliphatic rings. The van der Waals surface area contributed by atoms with E-state index in [1.54, 1.807) is 0 Å². The van der Waals surface area contributed by atoms with Crippen molar-refractivity contribution in [2.45, 2.75) is 75.5 Å². The third-order valence-electron chi connectivity index (χ3n) is 5.99. The summed E-state index contributed by atoms with van der Waals surface area (Å²) in [6.07, 6.45) is 13.6. The van der Waals surface area contributed by atoms with Gasteiger partial charge in [0, 0.05) is 12.0 Å². The zero-order valence-corrected chi connectivity index (χ0v) is 10.2. The van der Waals surface area contributed by atoms with Crippen LogP contribution in [0.1, 0.15) is 64.2 Å². The van der Waals surface area contributed by atoms with Gasteiger partial charge in [0.15, 0.2) is 0 Å². The predicted molar refractivity (Wildman–Crippen MR) is 63.2 cm³/mol. The highest BCUT2D eigenvalue weighted by Gasteiger charge is 2.64. The third kappa shape index (κ3) is 1.06. The summed E-state index contributed by atoms with van der Waals surface area (Å²) >= 11 is 0. The molecule has 1 saturated heterocycles. The zero-order chi connectivity index (χ0) is 10.7. The van der Waals surface area contributed by atoms with Crippen molar-refractivity contribution in [1.82, 2.24) is 5.32 Å². The second kappa shape index (κ2) is 3.02. The van der Waals surface area contributed by atoms with Crippen molar-refractivity contribution >= 4 is 0 Å². The lowest BCUT2D eigenvalue weighted by molar-refractivity contribution is -0.304. The van der Waals surface area contributed by atoms with E-state index in [1.807, 2.05) is 0 Å². The van der Waals surface area contributed by atoms with Crippen LogP contribution >= 0.6 is 0 Å². The Morgan fingerprint density at radius 1 is 0.750 bits per heavy atom. The molecule has 2 nitrogen and oxygen atoms in total. The fourth-order valence-corrected chi connectivity index (χ4v) is 4.60. The number of rotatable bonds is 0. The van der Waals surface area contributed by atoms with Crippen LogP contribution in [-0.2, 0) is 4.74 Å². The van der Waals surface area contributed by atoms with Gasteiger partial charge in [-0.25, -0.2) is 0 Å². The van der Waals surface area contributed by atoms with Crippen LogP contribution in [0.2, 0.25) is 0 Å². The minimum Gasteiger partial charge on any atom is -0.354 e. The normalized spacial score (nSPS) is 37.5. The van der Waals surface area contributed by atoms with Gasteiger partial charge in [0.2, 0.25) is 0 Å². The molecule has 3 spiro atoms. The molecule has 1 N–H and O–H groups in total. The van der Waals surface area contributed by atoms with Gasteiger partial charge in [-0.1, -0.05) is 6.42 Å². The summed E-state index contributed by atoms with van der Waals surface area (Å²) in [5.41, 5.74) is 0.946. The van der Waals surface area contributed by atoms with Crippen LogP contribution in [0.4, 0.5) is 0 Å². The zero-order valence-electron chi connectivity index (χ0n) is 10.2.